The zero-order valence-corrected chi connectivity index (χ0v) is 19.3. The van der Waals surface area contributed by atoms with Gasteiger partial charge in [-0.15, -0.1) is 0 Å². The smallest absolute Gasteiger partial charge is 0.224 e. The lowest BCUT2D eigenvalue weighted by atomic mass is 9.85. The number of primary amides is 1. The zero-order chi connectivity index (χ0) is 23.7. The van der Waals surface area contributed by atoms with Gasteiger partial charge in [-0.1, -0.05) is 0 Å². The van der Waals surface area contributed by atoms with Crippen molar-refractivity contribution < 1.29 is 13.9 Å². The maximum absolute atomic E-state index is 13.6. The Kier molecular flexibility index (Phi) is 6.32. The molecule has 34 heavy (non-hydrogen) atoms. The van der Waals surface area contributed by atoms with Crippen molar-refractivity contribution in [2.24, 2.45) is 11.7 Å². The Bertz CT molecular complexity index is 1180. The Balaban J connectivity index is 1.50. The fourth-order valence-corrected chi connectivity index (χ4v) is 4.93. The minimum atomic E-state index is -0.281. The summed E-state index contributed by atoms with van der Waals surface area (Å²) in [6, 6.07) is 5.00. The quantitative estimate of drug-likeness (QED) is 0.504. The van der Waals surface area contributed by atoms with Crippen molar-refractivity contribution in [3.05, 3.63) is 35.8 Å². The number of imidazole rings is 1. The van der Waals surface area contributed by atoms with E-state index in [9.17, 15) is 9.18 Å². The van der Waals surface area contributed by atoms with E-state index in [1.807, 2.05) is 6.92 Å². The van der Waals surface area contributed by atoms with Crippen LogP contribution in [0.25, 0.3) is 11.2 Å². The number of hydrogen-bond acceptors (Lipinski definition) is 7. The number of ether oxygens (including phenoxy) is 1. The molecule has 1 amide bonds. The second-order valence-corrected chi connectivity index (χ2v) is 9.23. The topological polar surface area (TPSA) is 120 Å². The van der Waals surface area contributed by atoms with Crippen LogP contribution in [0.15, 0.2) is 24.4 Å². The van der Waals surface area contributed by atoms with Crippen LogP contribution in [0, 0.1) is 18.7 Å². The number of halogens is 1. The molecule has 0 unspecified atom stereocenters. The molecular weight excluding hydrogens is 437 g/mol. The van der Waals surface area contributed by atoms with E-state index in [1.54, 1.807) is 12.3 Å². The molecule has 9 nitrogen and oxygen atoms in total. The number of nitrogens with one attached hydrogen (secondary N) is 2. The van der Waals surface area contributed by atoms with Crippen molar-refractivity contribution in [1.82, 2.24) is 19.5 Å². The van der Waals surface area contributed by atoms with E-state index in [0.717, 1.165) is 68.6 Å². The average molecular weight is 468 g/mol. The molecule has 2 aromatic heterocycles. The first kappa shape index (κ1) is 22.5. The highest BCUT2D eigenvalue weighted by Crippen LogP contribution is 2.37. The Morgan fingerprint density at radius 3 is 2.62 bits per heavy atom. The van der Waals surface area contributed by atoms with E-state index in [0.29, 0.717) is 17.4 Å². The lowest BCUT2D eigenvalue weighted by Gasteiger charge is -2.29. The standard InChI is InChI=1S/C24H30FN7O2/c1-14-12-16(25)4-7-19(14)29-24-30-20-13-27-23(28-17-8-10-34-11-9-17)31-22(20)32(24)18-5-2-15(3-6-18)21(26)33/h4,7,12-13,15,17-18H,2-3,5-6,8-11H2,1H3,(H2,26,33)(H,29,30)(H,27,28,31)/t15-,18+. The van der Waals surface area contributed by atoms with E-state index in [2.05, 4.69) is 20.2 Å². The van der Waals surface area contributed by atoms with E-state index >= 15 is 0 Å². The van der Waals surface area contributed by atoms with Crippen molar-refractivity contribution in [1.29, 1.82) is 0 Å². The molecule has 2 fully saturated rings. The van der Waals surface area contributed by atoms with Crippen molar-refractivity contribution in [3.63, 3.8) is 0 Å². The molecule has 1 aromatic carbocycles. The highest BCUT2D eigenvalue weighted by Gasteiger charge is 2.29. The lowest BCUT2D eigenvalue weighted by molar-refractivity contribution is -0.122. The molecule has 5 rings (SSSR count). The molecule has 0 atom stereocenters. The molecule has 180 valence electrons. The van der Waals surface area contributed by atoms with Gasteiger partial charge in [-0.25, -0.2) is 14.4 Å². The molecule has 0 spiro atoms. The highest BCUT2D eigenvalue weighted by molar-refractivity contribution is 5.78. The Labute approximate surface area is 197 Å². The van der Waals surface area contributed by atoms with E-state index in [-0.39, 0.29) is 29.7 Å². The predicted octanol–water partition coefficient (Wildman–Crippen LogP) is 3.82. The summed E-state index contributed by atoms with van der Waals surface area (Å²) in [6.07, 6.45) is 6.60. The zero-order valence-electron chi connectivity index (χ0n) is 19.3. The van der Waals surface area contributed by atoms with Gasteiger partial charge in [-0.3, -0.25) is 9.36 Å². The third kappa shape index (κ3) is 4.68. The van der Waals surface area contributed by atoms with Crippen molar-refractivity contribution >= 4 is 34.7 Å². The summed E-state index contributed by atoms with van der Waals surface area (Å²) in [5.74, 6) is 0.582. The number of carbonyl (C=O) groups is 1. The largest absolute Gasteiger partial charge is 0.381 e. The Morgan fingerprint density at radius 2 is 1.91 bits per heavy atom. The summed E-state index contributed by atoms with van der Waals surface area (Å²) in [7, 11) is 0. The molecule has 0 radical (unpaired) electrons. The number of hydrogen-bond donors (Lipinski definition) is 3. The molecule has 4 N–H and O–H groups in total. The van der Waals surface area contributed by atoms with Gasteiger partial charge in [0.25, 0.3) is 0 Å². The predicted molar refractivity (Wildman–Crippen MR) is 127 cm³/mol. The van der Waals surface area contributed by atoms with Crippen LogP contribution in [0.2, 0.25) is 0 Å². The molecule has 10 heteroatoms. The minimum absolute atomic E-state index is 0.0952. The van der Waals surface area contributed by atoms with Gasteiger partial charge in [-0.2, -0.15) is 4.98 Å². The molecule has 1 saturated heterocycles. The number of carbonyl (C=O) groups excluding carboxylic acids is 1. The van der Waals surface area contributed by atoms with Crippen molar-refractivity contribution in [2.75, 3.05) is 23.8 Å². The highest BCUT2D eigenvalue weighted by atomic mass is 19.1. The maximum atomic E-state index is 13.6. The number of amides is 1. The number of rotatable bonds is 6. The monoisotopic (exact) mass is 467 g/mol. The third-order valence-corrected chi connectivity index (χ3v) is 6.89. The summed E-state index contributed by atoms with van der Waals surface area (Å²) < 4.78 is 21.2. The van der Waals surface area contributed by atoms with Gasteiger partial charge in [0.15, 0.2) is 5.65 Å². The van der Waals surface area contributed by atoms with E-state index in [4.69, 9.17) is 20.4 Å². The molecule has 1 aliphatic heterocycles. The summed E-state index contributed by atoms with van der Waals surface area (Å²) in [6.45, 7) is 3.31. The first-order valence-electron chi connectivity index (χ1n) is 11.9. The van der Waals surface area contributed by atoms with Gasteiger partial charge in [-0.05, 0) is 69.2 Å². The first-order chi connectivity index (χ1) is 16.5. The van der Waals surface area contributed by atoms with Gasteiger partial charge in [0.05, 0.1) is 6.20 Å². The number of benzene rings is 1. The fourth-order valence-electron chi connectivity index (χ4n) is 4.93. The molecular formula is C24H30FN7O2. The number of nitrogens with two attached hydrogens (primary N) is 1. The molecule has 0 bridgehead atoms. The van der Waals surface area contributed by atoms with Gasteiger partial charge < -0.3 is 21.1 Å². The molecule has 2 aliphatic rings. The van der Waals surface area contributed by atoms with Crippen molar-refractivity contribution in [3.8, 4) is 0 Å². The molecule has 3 aromatic rings. The number of fused-ring (bicyclic) bond motifs is 1. The van der Waals surface area contributed by atoms with Crippen LogP contribution in [0.4, 0.5) is 22.0 Å². The fraction of sp³-hybridized carbons (Fsp3) is 0.500. The average Bonchev–Trinajstić information content (AvgIpc) is 3.19. The third-order valence-electron chi connectivity index (χ3n) is 6.89. The van der Waals surface area contributed by atoms with Gasteiger partial charge >= 0.3 is 0 Å². The molecule has 1 saturated carbocycles. The number of aromatic nitrogens is 4. The maximum Gasteiger partial charge on any atom is 0.224 e. The SMILES string of the molecule is Cc1cc(F)ccc1Nc1nc2cnc(NC3CCOCC3)nc2n1[C@H]1CC[C@@H](C(N)=O)CC1. The van der Waals surface area contributed by atoms with Crippen LogP contribution in [-0.4, -0.2) is 44.7 Å². The van der Waals surface area contributed by atoms with Crippen molar-refractivity contribution in [2.45, 2.75) is 57.5 Å². The van der Waals surface area contributed by atoms with E-state index < -0.39 is 0 Å². The summed E-state index contributed by atoms with van der Waals surface area (Å²) in [5.41, 5.74) is 8.52. The first-order valence-corrected chi connectivity index (χ1v) is 11.9. The number of anilines is 3. The Hall–Kier alpha value is -3.27. The molecule has 3 heterocycles. The summed E-state index contributed by atoms with van der Waals surface area (Å²) in [4.78, 5) is 25.8. The summed E-state index contributed by atoms with van der Waals surface area (Å²) >= 11 is 0. The number of nitrogens with zero attached hydrogens (tertiary/aromatic N) is 4. The molecule has 1 aliphatic carbocycles. The Morgan fingerprint density at radius 1 is 1.15 bits per heavy atom. The number of aryl methyl sites for hydroxylation is 1. The minimum Gasteiger partial charge on any atom is -0.381 e. The van der Waals surface area contributed by atoms with Crippen LogP contribution in [0.3, 0.4) is 0 Å². The van der Waals surface area contributed by atoms with Crippen LogP contribution in [0.5, 0.6) is 0 Å². The normalized spacial score (nSPS) is 21.5. The lowest BCUT2D eigenvalue weighted by Crippen LogP contribution is -2.29. The second-order valence-electron chi connectivity index (χ2n) is 9.23. The summed E-state index contributed by atoms with van der Waals surface area (Å²) in [5, 5.41) is 6.81. The van der Waals surface area contributed by atoms with Crippen LogP contribution in [0.1, 0.15) is 50.1 Å². The van der Waals surface area contributed by atoms with Crippen LogP contribution in [-0.2, 0) is 9.53 Å². The van der Waals surface area contributed by atoms with Gasteiger partial charge in [0, 0.05) is 36.9 Å². The van der Waals surface area contributed by atoms with Gasteiger partial charge in [0.2, 0.25) is 17.8 Å². The van der Waals surface area contributed by atoms with E-state index in [1.165, 1.54) is 12.1 Å². The second kappa shape index (κ2) is 9.54. The van der Waals surface area contributed by atoms with Crippen LogP contribution < -0.4 is 16.4 Å². The van der Waals surface area contributed by atoms with Gasteiger partial charge in [0.1, 0.15) is 11.3 Å². The van der Waals surface area contributed by atoms with Crippen LogP contribution >= 0.6 is 0 Å².